The average Bonchev–Trinajstić information content (AvgIpc) is 2.04. The molecule has 0 radical (unpaired) electrons. The Bertz CT molecular complexity index is 194. The van der Waals surface area contributed by atoms with Gasteiger partial charge in [0.25, 0.3) is 0 Å². The van der Waals surface area contributed by atoms with Crippen LogP contribution >= 0.6 is 0 Å². The molecule has 1 aromatic rings. The summed E-state index contributed by atoms with van der Waals surface area (Å²) < 4.78 is 4.94. The van der Waals surface area contributed by atoms with Gasteiger partial charge in [-0.1, -0.05) is 0 Å². The molecule has 0 aliphatic heterocycles. The van der Waals surface area contributed by atoms with Crippen molar-refractivity contribution in [1.82, 2.24) is 4.98 Å². The van der Waals surface area contributed by atoms with Crippen molar-refractivity contribution in [3.63, 3.8) is 0 Å². The first-order valence-electron chi connectivity index (χ1n) is 2.96. The summed E-state index contributed by atoms with van der Waals surface area (Å²) in [6.07, 6.45) is 3.21. The number of pyridine rings is 1. The summed E-state index contributed by atoms with van der Waals surface area (Å²) in [5.41, 5.74) is 0.713. The maximum atomic E-state index is 8.73. The molecule has 0 saturated carbocycles. The highest BCUT2D eigenvalue weighted by Crippen LogP contribution is 2.01. The minimum absolute atomic E-state index is 0.0307. The van der Waals surface area contributed by atoms with Crippen molar-refractivity contribution in [1.29, 1.82) is 0 Å². The van der Waals surface area contributed by atoms with Crippen LogP contribution in [0, 0.1) is 0 Å². The molecule has 0 aromatic carbocycles. The van der Waals surface area contributed by atoms with Gasteiger partial charge in [0.15, 0.2) is 0 Å². The molecular weight excluding hydrogens is 129 g/mol. The maximum Gasteiger partial charge on any atom is 0.310 e. The lowest BCUT2D eigenvalue weighted by Gasteiger charge is -2.01. The summed E-state index contributed by atoms with van der Waals surface area (Å²) in [6, 6.07) is 1.71. The van der Waals surface area contributed by atoms with Crippen LogP contribution in [0.2, 0.25) is 0 Å². The predicted molar refractivity (Wildman–Crippen MR) is 39.8 cm³/mol. The Labute approximate surface area is 59.9 Å². The highest BCUT2D eigenvalue weighted by Gasteiger charge is 1.99. The van der Waals surface area contributed by atoms with Gasteiger partial charge < -0.3 is 9.76 Å². The quantitative estimate of drug-likeness (QED) is 0.535. The fraction of sp³-hybridized carbons (Fsp3) is 0.167. The first-order chi connectivity index (χ1) is 4.88. The lowest BCUT2D eigenvalue weighted by Crippen LogP contribution is -2.16. The SMILES string of the molecule is COc1ccncc1BO. The van der Waals surface area contributed by atoms with E-state index in [0.717, 1.165) is 0 Å². The van der Waals surface area contributed by atoms with Crippen molar-refractivity contribution >= 4 is 12.9 Å². The van der Waals surface area contributed by atoms with Crippen LogP contribution in [0.4, 0.5) is 0 Å². The molecule has 52 valence electrons. The van der Waals surface area contributed by atoms with E-state index in [0.29, 0.717) is 11.2 Å². The summed E-state index contributed by atoms with van der Waals surface area (Å²) in [4.78, 5) is 3.82. The Balaban J connectivity index is 2.96. The van der Waals surface area contributed by atoms with Gasteiger partial charge in [0.1, 0.15) is 5.75 Å². The molecular formula is C6H8BNO2. The Morgan fingerprint density at radius 1 is 1.70 bits per heavy atom. The second-order valence-electron chi connectivity index (χ2n) is 1.85. The summed E-state index contributed by atoms with van der Waals surface area (Å²) >= 11 is 0. The molecule has 0 aliphatic carbocycles. The minimum atomic E-state index is -0.0307. The van der Waals surface area contributed by atoms with Crippen molar-refractivity contribution in [2.45, 2.75) is 0 Å². The normalized spacial score (nSPS) is 9.00. The molecule has 3 nitrogen and oxygen atoms in total. The Kier molecular flexibility index (Phi) is 2.28. The lowest BCUT2D eigenvalue weighted by atomic mass is 9.90. The standard InChI is InChI=1S/C6H8BNO2/c1-10-6-2-3-8-4-5(6)7-9/h2-4,7,9H,1H3. The van der Waals surface area contributed by atoms with E-state index in [9.17, 15) is 0 Å². The highest BCUT2D eigenvalue weighted by atomic mass is 16.5. The molecule has 0 unspecified atom stereocenters. The molecule has 10 heavy (non-hydrogen) atoms. The molecule has 1 aromatic heterocycles. The fourth-order valence-electron chi connectivity index (χ4n) is 0.732. The van der Waals surface area contributed by atoms with Gasteiger partial charge in [-0.15, -0.1) is 0 Å². The van der Waals surface area contributed by atoms with Crippen LogP contribution in [0.25, 0.3) is 0 Å². The molecule has 0 atom stereocenters. The maximum absolute atomic E-state index is 8.73. The second kappa shape index (κ2) is 3.22. The zero-order chi connectivity index (χ0) is 7.40. The predicted octanol–water partition coefficient (Wildman–Crippen LogP) is -0.941. The van der Waals surface area contributed by atoms with Crippen LogP contribution in [0.5, 0.6) is 5.75 Å². The van der Waals surface area contributed by atoms with E-state index >= 15 is 0 Å². The third-order valence-corrected chi connectivity index (χ3v) is 1.25. The number of aromatic nitrogens is 1. The molecule has 1 N–H and O–H groups in total. The molecule has 4 heteroatoms. The first kappa shape index (κ1) is 7.09. The monoisotopic (exact) mass is 137 g/mol. The van der Waals surface area contributed by atoms with Gasteiger partial charge in [0, 0.05) is 17.9 Å². The van der Waals surface area contributed by atoms with Crippen LogP contribution < -0.4 is 10.2 Å². The van der Waals surface area contributed by atoms with E-state index < -0.39 is 0 Å². The molecule has 0 aliphatic rings. The zero-order valence-electron chi connectivity index (χ0n) is 5.74. The molecule has 1 heterocycles. The molecule has 0 spiro atoms. The van der Waals surface area contributed by atoms with Gasteiger partial charge in [-0.2, -0.15) is 0 Å². The number of rotatable bonds is 2. The number of hydrogen-bond acceptors (Lipinski definition) is 3. The number of ether oxygens (including phenoxy) is 1. The average molecular weight is 137 g/mol. The largest absolute Gasteiger partial charge is 0.497 e. The third kappa shape index (κ3) is 1.27. The summed E-state index contributed by atoms with van der Waals surface area (Å²) in [5.74, 6) is 0.678. The van der Waals surface area contributed by atoms with Crippen LogP contribution in [-0.4, -0.2) is 24.6 Å². The first-order valence-corrected chi connectivity index (χ1v) is 2.96. The van der Waals surface area contributed by atoms with Crippen LogP contribution in [0.3, 0.4) is 0 Å². The molecule has 1 rings (SSSR count). The molecule has 0 fully saturated rings. The van der Waals surface area contributed by atoms with E-state index in [2.05, 4.69) is 4.98 Å². The van der Waals surface area contributed by atoms with Crippen molar-refractivity contribution in [2.75, 3.05) is 7.11 Å². The van der Waals surface area contributed by atoms with E-state index in [1.54, 1.807) is 25.6 Å². The molecule has 0 bridgehead atoms. The van der Waals surface area contributed by atoms with Crippen LogP contribution in [0.15, 0.2) is 18.5 Å². The summed E-state index contributed by atoms with van der Waals surface area (Å²) in [7, 11) is 1.53. The van der Waals surface area contributed by atoms with E-state index in [1.807, 2.05) is 0 Å². The van der Waals surface area contributed by atoms with Crippen molar-refractivity contribution in [2.24, 2.45) is 0 Å². The van der Waals surface area contributed by atoms with Gasteiger partial charge >= 0.3 is 7.48 Å². The number of methoxy groups -OCH3 is 1. The lowest BCUT2D eigenvalue weighted by molar-refractivity contribution is 0.417. The van der Waals surface area contributed by atoms with Gasteiger partial charge in [-0.05, 0) is 6.07 Å². The fourth-order valence-corrected chi connectivity index (χ4v) is 0.732. The molecule has 0 saturated heterocycles. The van der Waals surface area contributed by atoms with Crippen LogP contribution in [-0.2, 0) is 0 Å². The smallest absolute Gasteiger partial charge is 0.310 e. The van der Waals surface area contributed by atoms with Gasteiger partial charge in [-0.3, -0.25) is 4.98 Å². The van der Waals surface area contributed by atoms with Gasteiger partial charge in [-0.25, -0.2) is 0 Å². The number of hydrogen-bond donors (Lipinski definition) is 1. The Morgan fingerprint density at radius 2 is 2.50 bits per heavy atom. The second-order valence-corrected chi connectivity index (χ2v) is 1.85. The van der Waals surface area contributed by atoms with E-state index in [1.165, 1.54) is 0 Å². The Morgan fingerprint density at radius 3 is 3.00 bits per heavy atom. The topological polar surface area (TPSA) is 42.4 Å². The highest BCUT2D eigenvalue weighted by molar-refractivity contribution is 6.46. The summed E-state index contributed by atoms with van der Waals surface area (Å²) in [5, 5.41) is 8.73. The number of nitrogens with zero attached hydrogens (tertiary/aromatic N) is 1. The molecule has 0 amide bonds. The van der Waals surface area contributed by atoms with Crippen molar-refractivity contribution < 1.29 is 9.76 Å². The van der Waals surface area contributed by atoms with E-state index in [4.69, 9.17) is 9.76 Å². The van der Waals surface area contributed by atoms with Crippen LogP contribution in [0.1, 0.15) is 0 Å². The van der Waals surface area contributed by atoms with Gasteiger partial charge in [0.2, 0.25) is 0 Å². The van der Waals surface area contributed by atoms with Gasteiger partial charge in [0.05, 0.1) is 7.11 Å². The van der Waals surface area contributed by atoms with Crippen molar-refractivity contribution in [3.8, 4) is 5.75 Å². The third-order valence-electron chi connectivity index (χ3n) is 1.25. The minimum Gasteiger partial charge on any atom is -0.497 e. The zero-order valence-corrected chi connectivity index (χ0v) is 5.74. The van der Waals surface area contributed by atoms with Crippen molar-refractivity contribution in [3.05, 3.63) is 18.5 Å². The van der Waals surface area contributed by atoms with E-state index in [-0.39, 0.29) is 7.48 Å². The Hall–Kier alpha value is -1.03. The summed E-state index contributed by atoms with van der Waals surface area (Å²) in [6.45, 7) is 0.